The van der Waals surface area contributed by atoms with Gasteiger partial charge >= 0.3 is 5.97 Å². The van der Waals surface area contributed by atoms with E-state index in [1.54, 1.807) is 0 Å². The van der Waals surface area contributed by atoms with Crippen molar-refractivity contribution in [1.29, 1.82) is 0 Å². The highest BCUT2D eigenvalue weighted by Gasteiger charge is 2.63. The summed E-state index contributed by atoms with van der Waals surface area (Å²) in [7, 11) is 0. The molecule has 3 heterocycles. The summed E-state index contributed by atoms with van der Waals surface area (Å²) >= 11 is 0. The van der Waals surface area contributed by atoms with Crippen molar-refractivity contribution in [2.24, 2.45) is 5.92 Å². The third-order valence-electron chi connectivity index (χ3n) is 5.03. The number of esters is 1. The monoisotopic (exact) mass is 280 g/mol. The maximum Gasteiger partial charge on any atom is 0.309 e. The molecule has 5 nitrogen and oxygen atoms in total. The zero-order valence-corrected chi connectivity index (χ0v) is 11.7. The fraction of sp³-hybridized carbons (Fsp3) is 0.800. The number of hydrogen-bond acceptors (Lipinski definition) is 5. The summed E-state index contributed by atoms with van der Waals surface area (Å²) in [6, 6.07) is 0. The van der Waals surface area contributed by atoms with Crippen molar-refractivity contribution in [2.75, 3.05) is 0 Å². The minimum atomic E-state index is -0.578. The Bertz CT molecular complexity index is 461. The van der Waals surface area contributed by atoms with Crippen LogP contribution in [0.2, 0.25) is 0 Å². The number of carbonyl (C=O) groups is 1. The highest BCUT2D eigenvalue weighted by Crippen LogP contribution is 2.51. The minimum Gasteiger partial charge on any atom is -0.456 e. The van der Waals surface area contributed by atoms with E-state index in [9.17, 15) is 4.79 Å². The molecule has 4 fully saturated rings. The smallest absolute Gasteiger partial charge is 0.309 e. The van der Waals surface area contributed by atoms with Crippen molar-refractivity contribution >= 4 is 5.97 Å². The molecule has 110 valence electrons. The lowest BCUT2D eigenvalue weighted by Gasteiger charge is -2.40. The van der Waals surface area contributed by atoms with E-state index < -0.39 is 12.1 Å². The highest BCUT2D eigenvalue weighted by molar-refractivity contribution is 5.73. The quantitative estimate of drug-likeness (QED) is 0.542. The van der Waals surface area contributed by atoms with Crippen LogP contribution in [0.4, 0.5) is 0 Å². The zero-order chi connectivity index (χ0) is 13.9. The molecule has 1 spiro atoms. The molecule has 0 radical (unpaired) electrons. The van der Waals surface area contributed by atoms with E-state index in [0.717, 1.165) is 25.7 Å². The van der Waals surface area contributed by atoms with E-state index in [1.165, 1.54) is 5.57 Å². The normalized spacial score (nSPS) is 50.4. The number of carbonyl (C=O) groups excluding carboxylic acids is 1. The van der Waals surface area contributed by atoms with Crippen LogP contribution < -0.4 is 0 Å². The summed E-state index contributed by atoms with van der Waals surface area (Å²) in [5.41, 5.74) is 1.26. The van der Waals surface area contributed by atoms with Gasteiger partial charge in [0.25, 0.3) is 0 Å². The molecule has 3 aliphatic heterocycles. The molecule has 0 aromatic rings. The second-order valence-electron chi connectivity index (χ2n) is 6.27. The molecule has 0 N–H and O–H groups in total. The van der Waals surface area contributed by atoms with Crippen LogP contribution >= 0.6 is 0 Å². The fourth-order valence-corrected chi connectivity index (χ4v) is 3.96. The molecule has 1 saturated carbocycles. The molecular weight excluding hydrogens is 260 g/mol. The van der Waals surface area contributed by atoms with Gasteiger partial charge < -0.3 is 18.9 Å². The third kappa shape index (κ3) is 1.70. The molecule has 20 heavy (non-hydrogen) atoms. The van der Waals surface area contributed by atoms with E-state index >= 15 is 0 Å². The first kappa shape index (κ1) is 12.8. The van der Waals surface area contributed by atoms with Gasteiger partial charge in [-0.3, -0.25) is 4.79 Å². The van der Waals surface area contributed by atoms with Crippen LogP contribution in [0.1, 0.15) is 39.0 Å². The molecule has 0 bridgehead atoms. The van der Waals surface area contributed by atoms with Gasteiger partial charge in [-0.25, -0.2) is 0 Å². The fourth-order valence-electron chi connectivity index (χ4n) is 3.96. The van der Waals surface area contributed by atoms with Gasteiger partial charge in [0, 0.05) is 12.3 Å². The van der Waals surface area contributed by atoms with Crippen molar-refractivity contribution in [2.45, 2.75) is 69.4 Å². The maximum absolute atomic E-state index is 11.4. The minimum absolute atomic E-state index is 0.200. The number of rotatable bonds is 1. The topological polar surface area (TPSA) is 54.0 Å². The van der Waals surface area contributed by atoms with Crippen LogP contribution in [0.15, 0.2) is 12.2 Å². The van der Waals surface area contributed by atoms with Crippen molar-refractivity contribution in [1.82, 2.24) is 0 Å². The number of fused-ring (bicyclic) bond motifs is 3. The van der Waals surface area contributed by atoms with Crippen molar-refractivity contribution in [3.8, 4) is 0 Å². The standard InChI is InChI=1S/C15H20O5/c1-3-9-6-8(2)4-5-15(9)19-13-12-10(7-11(16)18-12)17-14(13)20-15/h9-10,12-14H,2-7H2,1H3. The molecule has 1 aliphatic carbocycles. The summed E-state index contributed by atoms with van der Waals surface area (Å²) in [6.45, 7) is 6.23. The third-order valence-corrected chi connectivity index (χ3v) is 5.03. The van der Waals surface area contributed by atoms with E-state index in [4.69, 9.17) is 18.9 Å². The van der Waals surface area contributed by atoms with E-state index in [0.29, 0.717) is 12.3 Å². The van der Waals surface area contributed by atoms with Crippen LogP contribution in [-0.2, 0) is 23.7 Å². The van der Waals surface area contributed by atoms with E-state index in [2.05, 4.69) is 13.5 Å². The molecule has 0 aromatic heterocycles. The Hall–Kier alpha value is -0.910. The first-order valence-corrected chi connectivity index (χ1v) is 7.48. The molecular formula is C15H20O5. The number of ether oxygens (including phenoxy) is 4. The zero-order valence-electron chi connectivity index (χ0n) is 11.7. The number of allylic oxidation sites excluding steroid dienone is 1. The Labute approximate surface area is 118 Å². The van der Waals surface area contributed by atoms with Crippen LogP contribution in [0, 0.1) is 5.92 Å². The second-order valence-corrected chi connectivity index (χ2v) is 6.27. The van der Waals surface area contributed by atoms with Crippen LogP contribution in [-0.4, -0.2) is 36.4 Å². The second kappa shape index (κ2) is 4.29. The van der Waals surface area contributed by atoms with Crippen LogP contribution in [0.5, 0.6) is 0 Å². The SMILES string of the molecule is C=C1CCC2(OC3OC4CC(=O)OC4C3O2)C(CC)C1. The molecule has 6 unspecified atom stereocenters. The lowest BCUT2D eigenvalue weighted by Crippen LogP contribution is -2.44. The highest BCUT2D eigenvalue weighted by atomic mass is 16.8. The Morgan fingerprint density at radius 2 is 2.15 bits per heavy atom. The Morgan fingerprint density at radius 3 is 2.95 bits per heavy atom. The lowest BCUT2D eigenvalue weighted by atomic mass is 9.79. The summed E-state index contributed by atoms with van der Waals surface area (Å²) in [6.07, 6.45) is 2.80. The molecule has 4 aliphatic rings. The van der Waals surface area contributed by atoms with Gasteiger partial charge in [0.15, 0.2) is 24.3 Å². The molecule has 5 heteroatoms. The lowest BCUT2D eigenvalue weighted by molar-refractivity contribution is -0.263. The van der Waals surface area contributed by atoms with Gasteiger partial charge in [0.2, 0.25) is 0 Å². The molecule has 4 rings (SSSR count). The predicted molar refractivity (Wildman–Crippen MR) is 68.6 cm³/mol. The average Bonchev–Trinajstić information content (AvgIpc) is 3.02. The van der Waals surface area contributed by atoms with Gasteiger partial charge in [-0.05, 0) is 19.3 Å². The maximum atomic E-state index is 11.4. The summed E-state index contributed by atoms with van der Waals surface area (Å²) in [4.78, 5) is 11.4. The van der Waals surface area contributed by atoms with E-state index in [-0.39, 0.29) is 24.3 Å². The predicted octanol–water partition coefficient (Wildman–Crippen LogP) is 1.90. The van der Waals surface area contributed by atoms with Gasteiger partial charge in [-0.2, -0.15) is 0 Å². The summed E-state index contributed by atoms with van der Waals surface area (Å²) in [5.74, 6) is -0.480. The van der Waals surface area contributed by atoms with Crippen LogP contribution in [0.25, 0.3) is 0 Å². The van der Waals surface area contributed by atoms with Crippen LogP contribution in [0.3, 0.4) is 0 Å². The van der Waals surface area contributed by atoms with Gasteiger partial charge in [-0.15, -0.1) is 0 Å². The first-order chi connectivity index (χ1) is 9.61. The van der Waals surface area contributed by atoms with Crippen molar-refractivity contribution in [3.05, 3.63) is 12.2 Å². The number of hydrogen-bond donors (Lipinski definition) is 0. The van der Waals surface area contributed by atoms with Gasteiger partial charge in [0.1, 0.15) is 6.10 Å². The Balaban J connectivity index is 1.56. The molecule has 3 saturated heterocycles. The average molecular weight is 280 g/mol. The molecule has 6 atom stereocenters. The largest absolute Gasteiger partial charge is 0.456 e. The van der Waals surface area contributed by atoms with E-state index in [1.807, 2.05) is 0 Å². The Morgan fingerprint density at radius 1 is 1.30 bits per heavy atom. The summed E-state index contributed by atoms with van der Waals surface area (Å²) in [5, 5.41) is 0. The Kier molecular flexibility index (Phi) is 2.75. The molecule has 0 amide bonds. The summed E-state index contributed by atoms with van der Waals surface area (Å²) < 4.78 is 23.6. The van der Waals surface area contributed by atoms with Gasteiger partial charge in [0.05, 0.1) is 6.42 Å². The molecule has 0 aromatic carbocycles. The van der Waals surface area contributed by atoms with Crippen molar-refractivity contribution in [3.63, 3.8) is 0 Å². The first-order valence-electron chi connectivity index (χ1n) is 7.48. The van der Waals surface area contributed by atoms with Gasteiger partial charge in [-0.1, -0.05) is 19.1 Å². The van der Waals surface area contributed by atoms with Crippen molar-refractivity contribution < 1.29 is 23.7 Å².